The zero-order valence-corrected chi connectivity index (χ0v) is 64.8. The monoisotopic (exact) mass is 1410 g/mol. The molecule has 0 unspecified atom stereocenters. The normalized spacial score (nSPS) is 14.2. The van der Waals surface area contributed by atoms with E-state index >= 15 is 0 Å². The van der Waals surface area contributed by atoms with Gasteiger partial charge in [0, 0.05) is 76.9 Å². The van der Waals surface area contributed by atoms with Crippen molar-refractivity contribution in [2.24, 2.45) is 0 Å². The molecule has 11 aromatic carbocycles. The van der Waals surface area contributed by atoms with Crippen LogP contribution < -0.4 is 4.90 Å². The highest BCUT2D eigenvalue weighted by molar-refractivity contribution is 6.20. The number of para-hydroxylation sites is 5. The minimum Gasteiger partial charge on any atom is -0.456 e. The quantitative estimate of drug-likeness (QED) is 0.0385. The molecule has 0 fully saturated rings. The largest absolute Gasteiger partial charge is 0.456 e. The van der Waals surface area contributed by atoms with Crippen LogP contribution in [0, 0.1) is 0 Å². The minimum atomic E-state index is -0.372. The molecule has 0 radical (unpaired) electrons. The summed E-state index contributed by atoms with van der Waals surface area (Å²) in [4.78, 5) is 2.61. The van der Waals surface area contributed by atoms with Crippen LogP contribution in [0.25, 0.3) is 116 Å². The topological polar surface area (TPSA) is 34.5 Å². The second-order valence-electron chi connectivity index (χ2n) is 33.0. The van der Waals surface area contributed by atoms with Gasteiger partial charge in [-0.05, 0) is 195 Å². The van der Waals surface area contributed by atoms with Crippen molar-refractivity contribution in [2.75, 3.05) is 4.90 Å². The molecule has 107 heavy (non-hydrogen) atoms. The third-order valence-corrected chi connectivity index (χ3v) is 26.0. The molecule has 544 valence electrons. The van der Waals surface area contributed by atoms with Gasteiger partial charge < -0.3 is 18.3 Å². The number of unbranched alkanes of at least 4 members (excludes halogenated alkanes) is 20. The van der Waals surface area contributed by atoms with Crippen molar-refractivity contribution >= 4 is 82.7 Å². The maximum Gasteiger partial charge on any atom is 0.143 e. The van der Waals surface area contributed by atoms with Crippen molar-refractivity contribution in [1.82, 2.24) is 4.57 Å². The standard InChI is InChI=1S/C103H110N2O2/c1-7-11-15-19-23-39-61-102(62-40-24-20-16-12-8-2)85-59-60-95-98(80-48-34-37-51-93(80)106-95)97(85)84-70-88-83(69-89(84)102)76-57-54-75(67-87(76)103(88,63-41-25-21-17-13-9-3)64-42-26-22-18-14-10-4)104(72-43-29-27-30-44-72)74-55-58-79-86(66-74)101(5,6)90-68-82(100-99(96(79)90)81-49-35-38-52-94(81)107-100)71-53-56-78-77-47-33-36-50-91(77)105(92(78)65-71)73-45-31-28-32-46-73/h27-38,43-60,65-70H,7-26,39-42,61-64H2,1-6H3. The van der Waals surface area contributed by atoms with Gasteiger partial charge >= 0.3 is 0 Å². The highest BCUT2D eigenvalue weighted by Gasteiger charge is 2.49. The van der Waals surface area contributed by atoms with E-state index in [9.17, 15) is 0 Å². The van der Waals surface area contributed by atoms with Crippen LogP contribution in [0.3, 0.4) is 0 Å². The first kappa shape index (κ1) is 70.6. The van der Waals surface area contributed by atoms with Crippen LogP contribution >= 0.6 is 0 Å². The fraction of sp³-hybridized carbons (Fsp3) is 0.359. The summed E-state index contributed by atoms with van der Waals surface area (Å²) in [6.07, 6.45) is 35.5. The first-order valence-corrected chi connectivity index (χ1v) is 42.1. The van der Waals surface area contributed by atoms with Gasteiger partial charge in [0.2, 0.25) is 0 Å². The molecule has 4 heteroatoms. The van der Waals surface area contributed by atoms with Gasteiger partial charge in [0.15, 0.2) is 0 Å². The second-order valence-corrected chi connectivity index (χ2v) is 33.0. The van der Waals surface area contributed by atoms with Crippen LogP contribution in [0.15, 0.2) is 227 Å². The van der Waals surface area contributed by atoms with Gasteiger partial charge in [-0.15, -0.1) is 0 Å². The third-order valence-electron chi connectivity index (χ3n) is 26.0. The van der Waals surface area contributed by atoms with Crippen molar-refractivity contribution in [2.45, 2.75) is 238 Å². The highest BCUT2D eigenvalue weighted by Crippen LogP contribution is 2.64. The number of fused-ring (bicyclic) bond motifs is 20. The zero-order valence-electron chi connectivity index (χ0n) is 64.8. The summed E-state index contributed by atoms with van der Waals surface area (Å²) in [5.74, 6) is 0. The molecular weight excluding hydrogens is 1300 g/mol. The molecule has 0 saturated heterocycles. The number of hydrogen-bond donors (Lipinski definition) is 0. The van der Waals surface area contributed by atoms with E-state index in [1.54, 1.807) is 22.3 Å². The van der Waals surface area contributed by atoms with Crippen molar-refractivity contribution < 1.29 is 8.83 Å². The van der Waals surface area contributed by atoms with Gasteiger partial charge in [-0.1, -0.05) is 317 Å². The molecule has 4 nitrogen and oxygen atoms in total. The summed E-state index contributed by atoms with van der Waals surface area (Å²) in [6.45, 7) is 14.4. The summed E-state index contributed by atoms with van der Waals surface area (Å²) in [5.41, 5.74) is 30.0. The summed E-state index contributed by atoms with van der Waals surface area (Å²) in [7, 11) is 0. The van der Waals surface area contributed by atoms with Crippen LogP contribution in [0.1, 0.15) is 255 Å². The molecule has 0 saturated carbocycles. The van der Waals surface area contributed by atoms with Gasteiger partial charge in [0.1, 0.15) is 22.3 Å². The SMILES string of the molecule is CCCCCCCCC1(CCCCCCCC)c2cc(N(c3ccccc3)c3ccc4c(c3)C(C)(C)c3cc(-c5ccc6c7ccccc7n(-c7ccccc7)c6c5)c5oc6ccccc6c5c3-4)ccc2-c2cc3c(cc21)-c1c(ccc2oc4ccccc4c12)C3(CCCCCCCC)CCCCCCCC. The van der Waals surface area contributed by atoms with Gasteiger partial charge in [0.05, 0.1) is 11.0 Å². The molecule has 3 heterocycles. The van der Waals surface area contributed by atoms with E-state index in [0.717, 1.165) is 57.4 Å². The van der Waals surface area contributed by atoms with E-state index in [1.807, 2.05) is 0 Å². The van der Waals surface area contributed by atoms with Gasteiger partial charge in [0.25, 0.3) is 0 Å². The molecule has 17 rings (SSSR count). The van der Waals surface area contributed by atoms with Crippen LogP contribution in [0.4, 0.5) is 17.1 Å². The van der Waals surface area contributed by atoms with E-state index in [0.29, 0.717) is 0 Å². The van der Waals surface area contributed by atoms with Crippen molar-refractivity contribution in [3.8, 4) is 50.2 Å². The van der Waals surface area contributed by atoms with Crippen LogP contribution in [0.5, 0.6) is 0 Å². The minimum absolute atomic E-state index is 0.103. The van der Waals surface area contributed by atoms with E-state index in [1.165, 1.54) is 266 Å². The maximum atomic E-state index is 7.20. The number of aromatic nitrogens is 1. The fourth-order valence-electron chi connectivity index (χ4n) is 20.5. The molecule has 3 aliphatic rings. The summed E-state index contributed by atoms with van der Waals surface area (Å²) in [5, 5.41) is 7.42. The molecule has 0 atom stereocenters. The van der Waals surface area contributed by atoms with Gasteiger partial charge in [-0.3, -0.25) is 0 Å². The third kappa shape index (κ3) is 12.4. The fourth-order valence-corrected chi connectivity index (χ4v) is 20.5. The molecule has 0 aliphatic heterocycles. The molecule has 3 aromatic heterocycles. The molecule has 3 aliphatic carbocycles. The first-order chi connectivity index (χ1) is 52.7. The van der Waals surface area contributed by atoms with E-state index in [4.69, 9.17) is 8.83 Å². The average Bonchev–Trinajstić information content (AvgIpc) is 1.53. The first-order valence-electron chi connectivity index (χ1n) is 42.1. The molecule has 0 amide bonds. The molecule has 0 bridgehead atoms. The lowest BCUT2D eigenvalue weighted by Crippen LogP contribution is -2.27. The van der Waals surface area contributed by atoms with E-state index < -0.39 is 0 Å². The van der Waals surface area contributed by atoms with Crippen molar-refractivity contribution in [3.63, 3.8) is 0 Å². The number of nitrogens with zero attached hydrogens (tertiary/aromatic N) is 2. The van der Waals surface area contributed by atoms with Gasteiger partial charge in [-0.2, -0.15) is 0 Å². The summed E-state index contributed by atoms with van der Waals surface area (Å²) >= 11 is 0. The van der Waals surface area contributed by atoms with E-state index in [-0.39, 0.29) is 16.2 Å². The van der Waals surface area contributed by atoms with Gasteiger partial charge in [-0.25, -0.2) is 0 Å². The van der Waals surface area contributed by atoms with E-state index in [2.05, 4.69) is 269 Å². The van der Waals surface area contributed by atoms with Crippen LogP contribution in [-0.4, -0.2) is 4.57 Å². The lowest BCUT2D eigenvalue weighted by molar-refractivity contribution is 0.394. The van der Waals surface area contributed by atoms with Crippen LogP contribution in [0.2, 0.25) is 0 Å². The Morgan fingerprint density at radius 2 is 0.766 bits per heavy atom. The number of hydrogen-bond acceptors (Lipinski definition) is 3. The summed E-state index contributed by atoms with van der Waals surface area (Å²) < 4.78 is 16.6. The Labute approximate surface area is 636 Å². The molecular formula is C103H110N2O2. The smallest absolute Gasteiger partial charge is 0.143 e. The predicted molar refractivity (Wildman–Crippen MR) is 457 cm³/mol. The average molecular weight is 1410 g/mol. The lowest BCUT2D eigenvalue weighted by Gasteiger charge is -2.35. The number of furan rings is 2. The summed E-state index contributed by atoms with van der Waals surface area (Å²) in [6, 6.07) is 84.3. The number of anilines is 3. The highest BCUT2D eigenvalue weighted by atomic mass is 16.3. The predicted octanol–water partition coefficient (Wildman–Crippen LogP) is 31.6. The Balaban J connectivity index is 0.836. The Hall–Kier alpha value is -9.38. The Bertz CT molecular complexity index is 5510. The maximum absolute atomic E-state index is 7.20. The second kappa shape index (κ2) is 30.3. The molecule has 0 N–H and O–H groups in total. The Kier molecular flexibility index (Phi) is 20.0. The molecule has 14 aromatic rings. The zero-order chi connectivity index (χ0) is 72.6. The lowest BCUT2D eigenvalue weighted by atomic mass is 9.68. The Morgan fingerprint density at radius 1 is 0.299 bits per heavy atom. The van der Waals surface area contributed by atoms with Crippen molar-refractivity contribution in [3.05, 3.63) is 252 Å². The van der Waals surface area contributed by atoms with Crippen molar-refractivity contribution in [1.29, 1.82) is 0 Å². The Morgan fingerprint density at radius 3 is 1.39 bits per heavy atom. The van der Waals surface area contributed by atoms with Crippen LogP contribution in [-0.2, 0) is 16.2 Å². The molecule has 0 spiro atoms. The number of benzene rings is 11. The number of rotatable bonds is 33.